The number of hydrogen-bond donors (Lipinski definition) is 2. The number of aliphatic imine (C=N–C) groups is 1. The second-order valence-corrected chi connectivity index (χ2v) is 10.3. The second kappa shape index (κ2) is 10.4. The fraction of sp³-hybridized carbons (Fsp3) is 0.300. The van der Waals surface area contributed by atoms with Gasteiger partial charge < -0.3 is 25.0 Å². The van der Waals surface area contributed by atoms with Crippen molar-refractivity contribution in [1.82, 2.24) is 19.9 Å². The summed E-state index contributed by atoms with van der Waals surface area (Å²) in [6.45, 7) is 7.52. The number of benzene rings is 2. The highest BCUT2D eigenvalue weighted by Crippen LogP contribution is 2.33. The summed E-state index contributed by atoms with van der Waals surface area (Å²) in [4.78, 5) is 31.4. The normalized spacial score (nSPS) is 16.0. The molecule has 10 heteroatoms. The number of ether oxygens (including phenoxy) is 2. The number of carbonyl (C=O) groups is 1. The van der Waals surface area contributed by atoms with Gasteiger partial charge in [-0.15, -0.1) is 0 Å². The SMILES string of the molecule is CC(=O)N1CCC2(CC1)CN=C(Nc1ccc3ncnc(Nc4ccc(Oc5ccc(C)nc5)c(C)c4)c3c1)O2. The fourth-order valence-electron chi connectivity index (χ4n) is 5.02. The van der Waals surface area contributed by atoms with Crippen LogP contribution in [0.15, 0.2) is 66.0 Å². The molecule has 10 nitrogen and oxygen atoms in total. The van der Waals surface area contributed by atoms with E-state index in [9.17, 15) is 4.79 Å². The molecule has 2 aliphatic heterocycles. The number of amides is 1. The van der Waals surface area contributed by atoms with Gasteiger partial charge in [0, 0.05) is 55.3 Å². The number of nitrogens with zero attached hydrogens (tertiary/aromatic N) is 5. The monoisotopic (exact) mass is 537 g/mol. The number of fused-ring (bicyclic) bond motifs is 1. The first kappa shape index (κ1) is 25.5. The van der Waals surface area contributed by atoms with E-state index in [0.29, 0.717) is 37.2 Å². The van der Waals surface area contributed by atoms with Gasteiger partial charge in [0.1, 0.15) is 29.2 Å². The summed E-state index contributed by atoms with van der Waals surface area (Å²) in [5.41, 5.74) is 4.10. The average molecular weight is 538 g/mol. The Hall–Kier alpha value is -4.73. The maximum atomic E-state index is 11.7. The van der Waals surface area contributed by atoms with Gasteiger partial charge in [0.05, 0.1) is 18.3 Å². The zero-order valence-electron chi connectivity index (χ0n) is 22.8. The number of nitrogens with one attached hydrogen (secondary N) is 2. The number of carbonyl (C=O) groups excluding carboxylic acids is 1. The molecule has 1 spiro atoms. The Morgan fingerprint density at radius 3 is 2.52 bits per heavy atom. The molecule has 1 saturated heterocycles. The summed E-state index contributed by atoms with van der Waals surface area (Å²) < 4.78 is 12.3. The Balaban J connectivity index is 1.15. The van der Waals surface area contributed by atoms with Crippen LogP contribution in [0, 0.1) is 13.8 Å². The molecular formula is C30H31N7O3. The zero-order chi connectivity index (χ0) is 27.7. The highest BCUT2D eigenvalue weighted by molar-refractivity contribution is 5.97. The van der Waals surface area contributed by atoms with Gasteiger partial charge in [-0.3, -0.25) is 9.78 Å². The molecule has 1 amide bonds. The van der Waals surface area contributed by atoms with E-state index in [4.69, 9.17) is 9.47 Å². The van der Waals surface area contributed by atoms with Crippen LogP contribution in [-0.2, 0) is 9.53 Å². The number of likely N-dealkylation sites (tertiary alicyclic amines) is 1. The van der Waals surface area contributed by atoms with Crippen molar-refractivity contribution in [1.29, 1.82) is 0 Å². The van der Waals surface area contributed by atoms with E-state index in [1.165, 1.54) is 0 Å². The summed E-state index contributed by atoms with van der Waals surface area (Å²) >= 11 is 0. The molecule has 204 valence electrons. The molecule has 4 aromatic rings. The van der Waals surface area contributed by atoms with Crippen molar-refractivity contribution in [3.63, 3.8) is 0 Å². The maximum absolute atomic E-state index is 11.7. The zero-order valence-corrected chi connectivity index (χ0v) is 22.8. The predicted molar refractivity (Wildman–Crippen MR) is 154 cm³/mol. The molecule has 0 aliphatic carbocycles. The molecule has 2 aromatic carbocycles. The lowest BCUT2D eigenvalue weighted by molar-refractivity contribution is -0.132. The first-order valence-electron chi connectivity index (χ1n) is 13.3. The van der Waals surface area contributed by atoms with E-state index in [1.807, 2.05) is 67.3 Å². The van der Waals surface area contributed by atoms with E-state index < -0.39 is 0 Å². The van der Waals surface area contributed by atoms with Gasteiger partial charge in [-0.1, -0.05) is 0 Å². The molecule has 0 saturated carbocycles. The number of aromatic nitrogens is 3. The molecule has 40 heavy (non-hydrogen) atoms. The van der Waals surface area contributed by atoms with Crippen LogP contribution in [0.25, 0.3) is 10.9 Å². The van der Waals surface area contributed by atoms with Crippen molar-refractivity contribution >= 4 is 40.0 Å². The van der Waals surface area contributed by atoms with Crippen molar-refractivity contribution in [2.75, 3.05) is 30.3 Å². The summed E-state index contributed by atoms with van der Waals surface area (Å²) in [6.07, 6.45) is 4.81. The van der Waals surface area contributed by atoms with Crippen molar-refractivity contribution in [3.8, 4) is 11.5 Å². The van der Waals surface area contributed by atoms with Crippen LogP contribution in [0.2, 0.25) is 0 Å². The number of hydrogen-bond acceptors (Lipinski definition) is 9. The first-order chi connectivity index (χ1) is 19.4. The van der Waals surface area contributed by atoms with Crippen LogP contribution in [0.1, 0.15) is 31.0 Å². The molecule has 4 heterocycles. The second-order valence-electron chi connectivity index (χ2n) is 10.3. The van der Waals surface area contributed by atoms with E-state index in [0.717, 1.165) is 52.1 Å². The van der Waals surface area contributed by atoms with Gasteiger partial charge in [0.25, 0.3) is 6.02 Å². The molecule has 2 aliphatic rings. The van der Waals surface area contributed by atoms with Crippen LogP contribution >= 0.6 is 0 Å². The van der Waals surface area contributed by atoms with Gasteiger partial charge in [-0.05, 0) is 67.9 Å². The third kappa shape index (κ3) is 5.38. The van der Waals surface area contributed by atoms with Crippen LogP contribution in [-0.4, -0.2) is 57.0 Å². The van der Waals surface area contributed by atoms with E-state index >= 15 is 0 Å². The van der Waals surface area contributed by atoms with E-state index in [2.05, 4.69) is 30.6 Å². The van der Waals surface area contributed by atoms with Crippen LogP contribution < -0.4 is 15.4 Å². The minimum atomic E-state index is -0.343. The molecule has 0 radical (unpaired) electrons. The minimum absolute atomic E-state index is 0.106. The Kier molecular flexibility index (Phi) is 6.67. The van der Waals surface area contributed by atoms with Crippen molar-refractivity contribution in [2.24, 2.45) is 4.99 Å². The average Bonchev–Trinajstić information content (AvgIpc) is 3.33. The van der Waals surface area contributed by atoms with Crippen LogP contribution in [0.5, 0.6) is 11.5 Å². The smallest absolute Gasteiger partial charge is 0.289 e. The molecule has 6 rings (SSSR count). The Morgan fingerprint density at radius 1 is 0.975 bits per heavy atom. The van der Waals surface area contributed by atoms with Crippen molar-refractivity contribution in [2.45, 2.75) is 39.2 Å². The summed E-state index contributed by atoms with van der Waals surface area (Å²) in [5.74, 6) is 2.25. The summed E-state index contributed by atoms with van der Waals surface area (Å²) in [5, 5.41) is 7.60. The highest BCUT2D eigenvalue weighted by atomic mass is 16.5. The number of piperidine rings is 1. The van der Waals surface area contributed by atoms with Gasteiger partial charge in [0.15, 0.2) is 0 Å². The first-order valence-corrected chi connectivity index (χ1v) is 13.3. The maximum Gasteiger partial charge on any atom is 0.289 e. The highest BCUT2D eigenvalue weighted by Gasteiger charge is 2.41. The quantitative estimate of drug-likeness (QED) is 0.350. The lowest BCUT2D eigenvalue weighted by Crippen LogP contribution is -2.48. The lowest BCUT2D eigenvalue weighted by Gasteiger charge is -2.37. The Labute approximate surface area is 232 Å². The van der Waals surface area contributed by atoms with E-state index in [1.54, 1.807) is 19.4 Å². The molecular weight excluding hydrogens is 506 g/mol. The predicted octanol–water partition coefficient (Wildman–Crippen LogP) is 5.36. The number of amidine groups is 1. The fourth-order valence-corrected chi connectivity index (χ4v) is 5.02. The van der Waals surface area contributed by atoms with E-state index in [-0.39, 0.29) is 11.5 Å². The number of rotatable bonds is 5. The summed E-state index contributed by atoms with van der Waals surface area (Å²) in [6, 6.07) is 16.1. The Morgan fingerprint density at radius 2 is 1.77 bits per heavy atom. The van der Waals surface area contributed by atoms with Gasteiger partial charge in [0.2, 0.25) is 5.91 Å². The molecule has 0 bridgehead atoms. The van der Waals surface area contributed by atoms with Gasteiger partial charge in [-0.25, -0.2) is 15.0 Å². The largest absolute Gasteiger partial charge is 0.456 e. The summed E-state index contributed by atoms with van der Waals surface area (Å²) in [7, 11) is 0. The molecule has 1 fully saturated rings. The van der Waals surface area contributed by atoms with Crippen LogP contribution in [0.3, 0.4) is 0 Å². The van der Waals surface area contributed by atoms with Crippen molar-refractivity contribution < 1.29 is 14.3 Å². The molecule has 0 atom stereocenters. The minimum Gasteiger partial charge on any atom is -0.456 e. The molecule has 2 N–H and O–H groups in total. The standard InChI is InChI=1S/C30H31N7O3/c1-19-14-22(6-9-27(19)39-24-7-4-20(2)31-16-24)35-28-25-15-23(5-8-26(25)33-18-34-28)36-29-32-17-30(40-29)10-12-37(13-11-30)21(3)38/h4-9,14-16,18H,10-13,17H2,1-3H3,(H,32,36)(H,33,34,35). The topological polar surface area (TPSA) is 114 Å². The lowest BCUT2D eigenvalue weighted by atomic mass is 9.91. The number of anilines is 3. The third-order valence-corrected chi connectivity index (χ3v) is 7.38. The third-order valence-electron chi connectivity index (χ3n) is 7.38. The van der Waals surface area contributed by atoms with Gasteiger partial charge >= 0.3 is 0 Å². The van der Waals surface area contributed by atoms with Crippen molar-refractivity contribution in [3.05, 3.63) is 72.3 Å². The number of pyridine rings is 1. The van der Waals surface area contributed by atoms with Crippen LogP contribution in [0.4, 0.5) is 17.2 Å². The molecule has 0 unspecified atom stereocenters. The number of aryl methyl sites for hydroxylation is 2. The Bertz CT molecular complexity index is 1600. The van der Waals surface area contributed by atoms with Gasteiger partial charge in [-0.2, -0.15) is 0 Å². The molecule has 2 aromatic heterocycles.